The van der Waals surface area contributed by atoms with Crippen LogP contribution in [0.25, 0.3) is 0 Å². The van der Waals surface area contributed by atoms with Crippen LogP contribution < -0.4 is 4.90 Å². The van der Waals surface area contributed by atoms with Gasteiger partial charge in [0, 0.05) is 25.2 Å². The highest BCUT2D eigenvalue weighted by atomic mass is 16.2. The van der Waals surface area contributed by atoms with Crippen LogP contribution >= 0.6 is 0 Å². The van der Waals surface area contributed by atoms with Crippen LogP contribution in [0.4, 0.5) is 5.69 Å². The molecule has 1 aliphatic heterocycles. The van der Waals surface area contributed by atoms with Gasteiger partial charge in [-0.05, 0) is 26.0 Å². The SMILES string of the molecule is CCC(=O)N1CCN(c2ccc(C)cc2)C(=O)[C@H]1C. The fourth-order valence-corrected chi connectivity index (χ4v) is 2.40. The van der Waals surface area contributed by atoms with E-state index in [1.807, 2.05) is 38.1 Å². The molecule has 1 heterocycles. The molecule has 1 aliphatic rings. The number of hydrogen-bond donors (Lipinski definition) is 0. The summed E-state index contributed by atoms with van der Waals surface area (Å²) in [7, 11) is 0. The van der Waals surface area contributed by atoms with Crippen LogP contribution in [0.5, 0.6) is 0 Å². The molecule has 2 rings (SSSR count). The highest BCUT2D eigenvalue weighted by Gasteiger charge is 2.34. The molecule has 1 saturated heterocycles. The predicted octanol–water partition coefficient (Wildman–Crippen LogP) is 1.97. The number of aryl methyl sites for hydroxylation is 1. The number of rotatable bonds is 2. The highest BCUT2D eigenvalue weighted by Crippen LogP contribution is 2.21. The lowest BCUT2D eigenvalue weighted by Gasteiger charge is -2.39. The Morgan fingerprint density at radius 1 is 1.26 bits per heavy atom. The summed E-state index contributed by atoms with van der Waals surface area (Å²) in [5.41, 5.74) is 2.08. The van der Waals surface area contributed by atoms with E-state index < -0.39 is 0 Å². The van der Waals surface area contributed by atoms with Gasteiger partial charge in [0.25, 0.3) is 0 Å². The van der Waals surface area contributed by atoms with E-state index in [1.54, 1.807) is 16.7 Å². The van der Waals surface area contributed by atoms with Crippen LogP contribution in [0.3, 0.4) is 0 Å². The summed E-state index contributed by atoms with van der Waals surface area (Å²) in [6, 6.07) is 7.53. The van der Waals surface area contributed by atoms with Crippen LogP contribution in [-0.2, 0) is 9.59 Å². The van der Waals surface area contributed by atoms with E-state index in [0.29, 0.717) is 19.5 Å². The molecule has 19 heavy (non-hydrogen) atoms. The zero-order chi connectivity index (χ0) is 14.0. The second kappa shape index (κ2) is 5.43. The molecule has 0 unspecified atom stereocenters. The third-order valence-corrected chi connectivity index (χ3v) is 3.62. The average Bonchev–Trinajstić information content (AvgIpc) is 2.42. The quantitative estimate of drug-likeness (QED) is 0.815. The van der Waals surface area contributed by atoms with Gasteiger partial charge in [-0.15, -0.1) is 0 Å². The third kappa shape index (κ3) is 2.62. The van der Waals surface area contributed by atoms with Gasteiger partial charge in [-0.25, -0.2) is 0 Å². The van der Waals surface area contributed by atoms with Crippen molar-refractivity contribution in [3.05, 3.63) is 29.8 Å². The Hall–Kier alpha value is -1.84. The summed E-state index contributed by atoms with van der Waals surface area (Å²) < 4.78 is 0. The number of carbonyl (C=O) groups excluding carboxylic acids is 2. The molecule has 0 spiro atoms. The average molecular weight is 260 g/mol. The molecule has 0 aliphatic carbocycles. The molecule has 0 N–H and O–H groups in total. The van der Waals surface area contributed by atoms with E-state index in [9.17, 15) is 9.59 Å². The van der Waals surface area contributed by atoms with Gasteiger partial charge in [0.15, 0.2) is 0 Å². The fraction of sp³-hybridized carbons (Fsp3) is 0.467. The second-order valence-electron chi connectivity index (χ2n) is 4.94. The van der Waals surface area contributed by atoms with Gasteiger partial charge < -0.3 is 9.80 Å². The van der Waals surface area contributed by atoms with Gasteiger partial charge in [-0.2, -0.15) is 0 Å². The van der Waals surface area contributed by atoms with E-state index in [1.165, 1.54) is 5.56 Å². The first-order valence-electron chi connectivity index (χ1n) is 6.72. The molecule has 4 heteroatoms. The van der Waals surface area contributed by atoms with Crippen LogP contribution in [0, 0.1) is 6.92 Å². The van der Waals surface area contributed by atoms with Crippen molar-refractivity contribution >= 4 is 17.5 Å². The van der Waals surface area contributed by atoms with Gasteiger partial charge in [0.2, 0.25) is 11.8 Å². The van der Waals surface area contributed by atoms with E-state index >= 15 is 0 Å². The summed E-state index contributed by atoms with van der Waals surface area (Å²) in [4.78, 5) is 27.6. The summed E-state index contributed by atoms with van der Waals surface area (Å²) in [6.07, 6.45) is 0.447. The first-order chi connectivity index (χ1) is 9.04. The first kappa shape index (κ1) is 13.6. The van der Waals surface area contributed by atoms with Crippen molar-refractivity contribution in [2.75, 3.05) is 18.0 Å². The lowest BCUT2D eigenvalue weighted by molar-refractivity contribution is -0.140. The molecule has 1 aromatic rings. The molecule has 4 nitrogen and oxygen atoms in total. The van der Waals surface area contributed by atoms with Crippen molar-refractivity contribution in [1.82, 2.24) is 4.90 Å². The molecule has 0 saturated carbocycles. The number of piperazine rings is 1. The van der Waals surface area contributed by atoms with E-state index in [-0.39, 0.29) is 17.9 Å². The van der Waals surface area contributed by atoms with Crippen molar-refractivity contribution in [3.8, 4) is 0 Å². The maximum Gasteiger partial charge on any atom is 0.249 e. The minimum atomic E-state index is -0.373. The first-order valence-corrected chi connectivity index (χ1v) is 6.72. The Labute approximate surface area is 114 Å². The zero-order valence-corrected chi connectivity index (χ0v) is 11.7. The standard InChI is InChI=1S/C15H20N2O2/c1-4-14(18)16-9-10-17(15(19)12(16)3)13-7-5-11(2)6-8-13/h5-8,12H,4,9-10H2,1-3H3/t12-/m1/s1. The lowest BCUT2D eigenvalue weighted by Crippen LogP contribution is -2.57. The van der Waals surface area contributed by atoms with Crippen LogP contribution in [0.2, 0.25) is 0 Å². The van der Waals surface area contributed by atoms with Crippen molar-refractivity contribution in [2.45, 2.75) is 33.2 Å². The van der Waals surface area contributed by atoms with Gasteiger partial charge in [-0.3, -0.25) is 9.59 Å². The minimum Gasteiger partial charge on any atom is -0.329 e. The number of benzene rings is 1. The maximum atomic E-state index is 12.4. The van der Waals surface area contributed by atoms with Crippen molar-refractivity contribution in [3.63, 3.8) is 0 Å². The normalized spacial score (nSPS) is 19.7. The van der Waals surface area contributed by atoms with Gasteiger partial charge >= 0.3 is 0 Å². The summed E-state index contributed by atoms with van der Waals surface area (Å²) >= 11 is 0. The zero-order valence-electron chi connectivity index (χ0n) is 11.7. The van der Waals surface area contributed by atoms with Crippen molar-refractivity contribution < 1.29 is 9.59 Å². The van der Waals surface area contributed by atoms with Crippen LogP contribution in [0.1, 0.15) is 25.8 Å². The van der Waals surface area contributed by atoms with Gasteiger partial charge in [-0.1, -0.05) is 24.6 Å². The number of anilines is 1. The van der Waals surface area contributed by atoms with E-state index in [2.05, 4.69) is 0 Å². The fourth-order valence-electron chi connectivity index (χ4n) is 2.40. The molecule has 1 atom stereocenters. The van der Waals surface area contributed by atoms with Crippen LogP contribution in [0.15, 0.2) is 24.3 Å². The summed E-state index contributed by atoms with van der Waals surface area (Å²) in [6.45, 7) is 6.82. The molecular formula is C15H20N2O2. The topological polar surface area (TPSA) is 40.6 Å². The van der Waals surface area contributed by atoms with Gasteiger partial charge in [0.1, 0.15) is 6.04 Å². The predicted molar refractivity (Wildman–Crippen MR) is 75.0 cm³/mol. The number of nitrogens with zero attached hydrogens (tertiary/aromatic N) is 2. The Balaban J connectivity index is 2.17. The Bertz CT molecular complexity index is 481. The summed E-state index contributed by atoms with van der Waals surface area (Å²) in [5, 5.41) is 0. The van der Waals surface area contributed by atoms with Gasteiger partial charge in [0.05, 0.1) is 0 Å². The van der Waals surface area contributed by atoms with Crippen molar-refractivity contribution in [2.24, 2.45) is 0 Å². The Morgan fingerprint density at radius 3 is 2.47 bits per heavy atom. The minimum absolute atomic E-state index is 0.00287. The summed E-state index contributed by atoms with van der Waals surface area (Å²) in [5.74, 6) is 0.0429. The number of hydrogen-bond acceptors (Lipinski definition) is 2. The molecule has 1 aromatic carbocycles. The van der Waals surface area contributed by atoms with E-state index in [0.717, 1.165) is 5.69 Å². The lowest BCUT2D eigenvalue weighted by atomic mass is 10.1. The number of carbonyl (C=O) groups is 2. The smallest absolute Gasteiger partial charge is 0.249 e. The maximum absolute atomic E-state index is 12.4. The Kier molecular flexibility index (Phi) is 3.88. The molecule has 0 radical (unpaired) electrons. The Morgan fingerprint density at radius 2 is 1.89 bits per heavy atom. The molecular weight excluding hydrogens is 240 g/mol. The molecule has 0 bridgehead atoms. The highest BCUT2D eigenvalue weighted by molar-refractivity contribution is 6.00. The molecule has 102 valence electrons. The second-order valence-corrected chi connectivity index (χ2v) is 4.94. The largest absolute Gasteiger partial charge is 0.329 e. The molecule has 1 fully saturated rings. The molecule has 0 aromatic heterocycles. The molecule has 2 amide bonds. The van der Waals surface area contributed by atoms with E-state index in [4.69, 9.17) is 0 Å². The monoisotopic (exact) mass is 260 g/mol. The van der Waals surface area contributed by atoms with Crippen LogP contribution in [-0.4, -0.2) is 35.8 Å². The number of amides is 2. The van der Waals surface area contributed by atoms with Crippen molar-refractivity contribution in [1.29, 1.82) is 0 Å². The third-order valence-electron chi connectivity index (χ3n) is 3.62.